The molecule has 0 aromatic heterocycles. The number of allylic oxidation sites excluding steroid dienone is 1. The highest BCUT2D eigenvalue weighted by Gasteiger charge is 2.44. The van der Waals surface area contributed by atoms with Crippen molar-refractivity contribution in [2.24, 2.45) is 5.92 Å². The van der Waals surface area contributed by atoms with Crippen LogP contribution < -0.4 is 0 Å². The standard InChI is InChI=1S/C26H31NO4Si/c1-32(2)17-9-14-23(24(31-32)16-15-20-10-5-3-6-11-20)25(28)27-22(19-30-26(27)29)18-21-12-7-4-8-13-21/h3-14,22-24H,15-19H2,1-2H3/t22-,23-,24+/m0/s1. The molecular weight excluding hydrogens is 418 g/mol. The van der Waals surface area contributed by atoms with Crippen molar-refractivity contribution in [3.63, 3.8) is 0 Å². The van der Waals surface area contributed by atoms with E-state index in [4.69, 9.17) is 9.16 Å². The molecule has 1 saturated heterocycles. The van der Waals surface area contributed by atoms with Crippen molar-refractivity contribution in [1.29, 1.82) is 0 Å². The Bertz CT molecular complexity index is 960. The van der Waals surface area contributed by atoms with Crippen LogP contribution in [0.3, 0.4) is 0 Å². The summed E-state index contributed by atoms with van der Waals surface area (Å²) in [4.78, 5) is 27.6. The van der Waals surface area contributed by atoms with Gasteiger partial charge >= 0.3 is 6.09 Å². The van der Waals surface area contributed by atoms with Crippen LogP contribution in [-0.4, -0.2) is 44.0 Å². The molecule has 0 saturated carbocycles. The molecule has 0 unspecified atom stereocenters. The molecule has 0 N–H and O–H groups in total. The average molecular weight is 450 g/mol. The van der Waals surface area contributed by atoms with Crippen LogP contribution in [0.4, 0.5) is 4.79 Å². The number of carbonyl (C=O) groups is 2. The fraction of sp³-hybridized carbons (Fsp3) is 0.385. The van der Waals surface area contributed by atoms with Gasteiger partial charge in [-0.1, -0.05) is 72.8 Å². The van der Waals surface area contributed by atoms with Gasteiger partial charge in [0, 0.05) is 0 Å². The fourth-order valence-electron chi connectivity index (χ4n) is 4.51. The summed E-state index contributed by atoms with van der Waals surface area (Å²) in [6.45, 7) is 4.59. The van der Waals surface area contributed by atoms with Crippen LogP contribution in [0.25, 0.3) is 0 Å². The summed E-state index contributed by atoms with van der Waals surface area (Å²) in [5.41, 5.74) is 2.30. The molecule has 0 aliphatic carbocycles. The zero-order valence-corrected chi connectivity index (χ0v) is 19.8. The van der Waals surface area contributed by atoms with E-state index in [9.17, 15) is 9.59 Å². The Labute approximate surface area is 191 Å². The molecule has 0 radical (unpaired) electrons. The van der Waals surface area contributed by atoms with Gasteiger partial charge in [-0.25, -0.2) is 9.69 Å². The van der Waals surface area contributed by atoms with Crippen molar-refractivity contribution in [3.8, 4) is 0 Å². The predicted octanol–water partition coefficient (Wildman–Crippen LogP) is 4.99. The maximum absolute atomic E-state index is 13.7. The zero-order valence-electron chi connectivity index (χ0n) is 18.8. The van der Waals surface area contributed by atoms with E-state index in [0.717, 1.165) is 24.4 Å². The summed E-state index contributed by atoms with van der Waals surface area (Å²) in [6.07, 6.45) is 5.38. The third-order valence-electron chi connectivity index (χ3n) is 6.18. The second-order valence-electron chi connectivity index (χ2n) is 9.23. The van der Waals surface area contributed by atoms with Gasteiger partial charge in [0.1, 0.15) is 6.61 Å². The molecule has 2 heterocycles. The van der Waals surface area contributed by atoms with E-state index in [1.807, 2.05) is 54.6 Å². The predicted molar refractivity (Wildman–Crippen MR) is 127 cm³/mol. The van der Waals surface area contributed by atoms with Crippen LogP contribution in [0.2, 0.25) is 19.1 Å². The summed E-state index contributed by atoms with van der Waals surface area (Å²) in [6, 6.07) is 20.7. The number of hydrogen-bond donors (Lipinski definition) is 0. The Morgan fingerprint density at radius 3 is 2.38 bits per heavy atom. The van der Waals surface area contributed by atoms with Gasteiger partial charge in [-0.05, 0) is 49.5 Å². The monoisotopic (exact) mass is 449 g/mol. The van der Waals surface area contributed by atoms with E-state index in [1.165, 1.54) is 10.5 Å². The van der Waals surface area contributed by atoms with Gasteiger partial charge in [-0.3, -0.25) is 4.79 Å². The summed E-state index contributed by atoms with van der Waals surface area (Å²) in [5, 5.41) is 0. The van der Waals surface area contributed by atoms with E-state index >= 15 is 0 Å². The minimum Gasteiger partial charge on any atom is -0.447 e. The Morgan fingerprint density at radius 1 is 1.03 bits per heavy atom. The fourth-order valence-corrected chi connectivity index (χ4v) is 6.40. The molecule has 0 bridgehead atoms. The minimum absolute atomic E-state index is 0.213. The number of aryl methyl sites for hydroxylation is 1. The third-order valence-corrected chi connectivity index (χ3v) is 8.34. The number of hydrogen-bond acceptors (Lipinski definition) is 4. The second kappa shape index (κ2) is 9.84. The maximum Gasteiger partial charge on any atom is 0.417 e. The van der Waals surface area contributed by atoms with Crippen LogP contribution in [0, 0.1) is 5.92 Å². The molecule has 4 rings (SSSR count). The third kappa shape index (κ3) is 5.37. The SMILES string of the molecule is C[Si]1(C)CC=C[C@H](C(=O)N2C(=O)OC[C@@H]2Cc2ccccc2)[C@@H](CCc2ccccc2)O1. The van der Waals surface area contributed by atoms with Crippen LogP contribution in [0.15, 0.2) is 72.8 Å². The largest absolute Gasteiger partial charge is 0.447 e. The average Bonchev–Trinajstić information content (AvgIpc) is 3.06. The Hall–Kier alpha value is -2.70. The molecule has 0 spiro atoms. The molecule has 5 nitrogen and oxygen atoms in total. The Morgan fingerprint density at radius 2 is 1.69 bits per heavy atom. The van der Waals surface area contributed by atoms with Crippen molar-refractivity contribution >= 4 is 20.3 Å². The van der Waals surface area contributed by atoms with Gasteiger partial charge in [0.25, 0.3) is 0 Å². The van der Waals surface area contributed by atoms with Crippen molar-refractivity contribution in [2.75, 3.05) is 6.61 Å². The topological polar surface area (TPSA) is 55.8 Å². The summed E-state index contributed by atoms with van der Waals surface area (Å²) >= 11 is 0. The highest BCUT2D eigenvalue weighted by atomic mass is 28.4. The van der Waals surface area contributed by atoms with Gasteiger partial charge < -0.3 is 9.16 Å². The quantitative estimate of drug-likeness (QED) is 0.461. The van der Waals surface area contributed by atoms with Crippen LogP contribution in [0.1, 0.15) is 17.5 Å². The first-order chi connectivity index (χ1) is 15.4. The van der Waals surface area contributed by atoms with Crippen LogP contribution in [0.5, 0.6) is 0 Å². The Balaban J connectivity index is 1.54. The van der Waals surface area contributed by atoms with Crippen molar-refractivity contribution in [2.45, 2.75) is 50.5 Å². The smallest absolute Gasteiger partial charge is 0.417 e. The van der Waals surface area contributed by atoms with Gasteiger partial charge in [0.2, 0.25) is 5.91 Å². The number of cyclic esters (lactones) is 1. The first-order valence-corrected chi connectivity index (χ1v) is 14.5. The molecule has 6 heteroatoms. The van der Waals surface area contributed by atoms with E-state index in [1.54, 1.807) is 0 Å². The molecule has 2 amide bonds. The molecule has 168 valence electrons. The number of imide groups is 1. The number of nitrogens with zero attached hydrogens (tertiary/aromatic N) is 1. The van der Waals surface area contributed by atoms with E-state index < -0.39 is 20.3 Å². The van der Waals surface area contributed by atoms with Gasteiger partial charge in [0.15, 0.2) is 8.32 Å². The lowest BCUT2D eigenvalue weighted by molar-refractivity contribution is -0.134. The van der Waals surface area contributed by atoms with Crippen molar-refractivity contribution in [3.05, 3.63) is 83.9 Å². The zero-order chi connectivity index (χ0) is 22.6. The van der Waals surface area contributed by atoms with Crippen LogP contribution in [-0.2, 0) is 26.8 Å². The lowest BCUT2D eigenvalue weighted by atomic mass is 9.93. The highest BCUT2D eigenvalue weighted by molar-refractivity contribution is 6.71. The lowest BCUT2D eigenvalue weighted by Crippen LogP contribution is -2.48. The molecular formula is C26H31NO4Si. The first-order valence-electron chi connectivity index (χ1n) is 11.3. The van der Waals surface area contributed by atoms with Gasteiger partial charge in [-0.2, -0.15) is 0 Å². The number of amides is 2. The first kappa shape index (κ1) is 22.5. The van der Waals surface area contributed by atoms with Crippen molar-refractivity contribution in [1.82, 2.24) is 4.90 Å². The minimum atomic E-state index is -1.94. The molecule has 2 aromatic rings. The molecule has 2 aliphatic rings. The number of rotatable bonds is 6. The lowest BCUT2D eigenvalue weighted by Gasteiger charge is -2.32. The highest BCUT2D eigenvalue weighted by Crippen LogP contribution is 2.30. The molecule has 2 aliphatic heterocycles. The normalized spacial score (nSPS) is 24.8. The van der Waals surface area contributed by atoms with E-state index in [2.05, 4.69) is 31.3 Å². The number of carbonyl (C=O) groups excluding carboxylic acids is 2. The van der Waals surface area contributed by atoms with Gasteiger partial charge in [0.05, 0.1) is 18.1 Å². The summed E-state index contributed by atoms with van der Waals surface area (Å²) < 4.78 is 11.9. The van der Waals surface area contributed by atoms with Gasteiger partial charge in [-0.15, -0.1) is 0 Å². The van der Waals surface area contributed by atoms with E-state index in [-0.39, 0.29) is 24.7 Å². The summed E-state index contributed by atoms with van der Waals surface area (Å²) in [5.74, 6) is -0.702. The second-order valence-corrected chi connectivity index (χ2v) is 13.4. The molecule has 32 heavy (non-hydrogen) atoms. The Kier molecular flexibility index (Phi) is 6.91. The maximum atomic E-state index is 13.7. The molecule has 1 fully saturated rings. The molecule has 3 atom stereocenters. The molecule has 2 aromatic carbocycles. The number of benzene rings is 2. The van der Waals surface area contributed by atoms with Crippen molar-refractivity contribution < 1.29 is 18.8 Å². The van der Waals surface area contributed by atoms with E-state index in [0.29, 0.717) is 6.42 Å². The van der Waals surface area contributed by atoms with Crippen LogP contribution >= 0.6 is 0 Å². The summed E-state index contributed by atoms with van der Waals surface area (Å²) in [7, 11) is -1.94. The number of ether oxygens (including phenoxy) is 1.